The van der Waals surface area contributed by atoms with E-state index in [0.717, 1.165) is 5.56 Å². The van der Waals surface area contributed by atoms with Crippen LogP contribution < -0.4 is 14.8 Å². The molecule has 6 nitrogen and oxygen atoms in total. The predicted octanol–water partition coefficient (Wildman–Crippen LogP) is 6.20. The van der Waals surface area contributed by atoms with Crippen molar-refractivity contribution in [1.82, 2.24) is 5.32 Å². The second-order valence-electron chi connectivity index (χ2n) is 8.89. The number of carbonyl (C=O) groups is 2. The van der Waals surface area contributed by atoms with Crippen LogP contribution in [0.2, 0.25) is 5.02 Å². The van der Waals surface area contributed by atoms with Gasteiger partial charge in [0.1, 0.15) is 12.4 Å². The van der Waals surface area contributed by atoms with Crippen molar-refractivity contribution in [2.75, 3.05) is 13.7 Å². The van der Waals surface area contributed by atoms with Crippen molar-refractivity contribution < 1.29 is 28.2 Å². The normalized spacial score (nSPS) is 16.1. The van der Waals surface area contributed by atoms with Crippen LogP contribution in [0.5, 0.6) is 11.5 Å². The summed E-state index contributed by atoms with van der Waals surface area (Å²) in [6.45, 7) is 3.61. The standard InChI is InChI=1S/C30H25ClFNO5/c1-4-37-30(35)24-16(2)33-27-19-10-6-7-11-20(19)28(34)26(27)25(24)18-13-21(31)29(23(14-18)36-3)38-15-17-9-5-8-12-22(17)32/h5-14,25,33H,4,15H2,1-3H3/t25-/m0/s1. The van der Waals surface area contributed by atoms with E-state index in [9.17, 15) is 14.0 Å². The molecule has 3 aromatic rings. The van der Waals surface area contributed by atoms with Crippen LogP contribution in [0, 0.1) is 5.82 Å². The first kappa shape index (κ1) is 25.5. The molecule has 0 saturated carbocycles. The molecule has 8 heteroatoms. The highest BCUT2D eigenvalue weighted by Crippen LogP contribution is 2.49. The molecule has 0 spiro atoms. The van der Waals surface area contributed by atoms with Gasteiger partial charge in [-0.2, -0.15) is 0 Å². The van der Waals surface area contributed by atoms with E-state index in [2.05, 4.69) is 5.32 Å². The van der Waals surface area contributed by atoms with Crippen LogP contribution in [-0.2, 0) is 16.1 Å². The third-order valence-electron chi connectivity index (χ3n) is 6.66. The van der Waals surface area contributed by atoms with E-state index in [1.165, 1.54) is 13.2 Å². The number of rotatable bonds is 7. The molecule has 0 radical (unpaired) electrons. The zero-order chi connectivity index (χ0) is 27.0. The summed E-state index contributed by atoms with van der Waals surface area (Å²) in [7, 11) is 1.46. The van der Waals surface area contributed by atoms with Gasteiger partial charge in [0.25, 0.3) is 0 Å². The smallest absolute Gasteiger partial charge is 0.336 e. The Kier molecular flexibility index (Phi) is 6.95. The fraction of sp³-hybridized carbons (Fsp3) is 0.200. The van der Waals surface area contributed by atoms with E-state index in [1.807, 2.05) is 12.1 Å². The summed E-state index contributed by atoms with van der Waals surface area (Å²) in [4.78, 5) is 26.8. The van der Waals surface area contributed by atoms with Crippen LogP contribution in [0.3, 0.4) is 0 Å². The summed E-state index contributed by atoms with van der Waals surface area (Å²) in [5.41, 5.74) is 4.20. The first-order valence-electron chi connectivity index (χ1n) is 12.1. The highest BCUT2D eigenvalue weighted by atomic mass is 35.5. The molecule has 1 aliphatic carbocycles. The lowest BCUT2D eigenvalue weighted by atomic mass is 9.79. The minimum atomic E-state index is -0.766. The number of hydrogen-bond acceptors (Lipinski definition) is 6. The number of benzene rings is 3. The van der Waals surface area contributed by atoms with Crippen LogP contribution in [0.25, 0.3) is 5.70 Å². The molecular weight excluding hydrogens is 509 g/mol. The largest absolute Gasteiger partial charge is 0.493 e. The number of fused-ring (bicyclic) bond motifs is 2. The lowest BCUT2D eigenvalue weighted by molar-refractivity contribution is -0.138. The SMILES string of the molecule is CCOC(=O)C1=C(C)NC2=C(C(=O)c3ccccc32)[C@H]1c1cc(Cl)c(OCc2ccccc2F)c(OC)c1. The number of carbonyl (C=O) groups excluding carboxylic acids is 2. The molecule has 0 unspecified atom stereocenters. The van der Waals surface area contributed by atoms with Crippen molar-refractivity contribution >= 4 is 29.1 Å². The molecule has 5 rings (SSSR count). The quantitative estimate of drug-likeness (QED) is 0.365. The second kappa shape index (κ2) is 10.3. The fourth-order valence-corrected chi connectivity index (χ4v) is 5.23. The molecule has 1 aliphatic heterocycles. The predicted molar refractivity (Wildman–Crippen MR) is 142 cm³/mol. The van der Waals surface area contributed by atoms with Crippen molar-refractivity contribution in [1.29, 1.82) is 0 Å². The van der Waals surface area contributed by atoms with Crippen LogP contribution in [-0.4, -0.2) is 25.5 Å². The van der Waals surface area contributed by atoms with Crippen LogP contribution >= 0.6 is 11.6 Å². The van der Waals surface area contributed by atoms with E-state index < -0.39 is 17.7 Å². The van der Waals surface area contributed by atoms with Crippen molar-refractivity contribution in [2.45, 2.75) is 26.4 Å². The van der Waals surface area contributed by atoms with Crippen LogP contribution in [0.4, 0.5) is 4.39 Å². The number of ketones is 1. The maximum atomic E-state index is 14.1. The molecule has 2 aliphatic rings. The van der Waals surface area contributed by atoms with Crippen molar-refractivity contribution in [3.05, 3.63) is 111 Å². The molecule has 0 amide bonds. The number of halogens is 2. The Morgan fingerprint density at radius 3 is 2.50 bits per heavy atom. The molecule has 1 atom stereocenters. The zero-order valence-corrected chi connectivity index (χ0v) is 21.8. The Morgan fingerprint density at radius 2 is 1.79 bits per heavy atom. The molecule has 3 aromatic carbocycles. The molecule has 0 fully saturated rings. The Labute approximate surface area is 224 Å². The number of ether oxygens (including phenoxy) is 3. The Morgan fingerprint density at radius 1 is 1.08 bits per heavy atom. The highest BCUT2D eigenvalue weighted by Gasteiger charge is 2.43. The minimum absolute atomic E-state index is 0.0639. The van der Waals surface area contributed by atoms with E-state index in [1.54, 1.807) is 56.3 Å². The molecule has 38 heavy (non-hydrogen) atoms. The van der Waals surface area contributed by atoms with Gasteiger partial charge in [0.15, 0.2) is 17.3 Å². The lowest BCUT2D eigenvalue weighted by Crippen LogP contribution is -2.29. The van der Waals surface area contributed by atoms with Gasteiger partial charge < -0.3 is 19.5 Å². The Hall–Kier alpha value is -4.10. The molecule has 0 saturated heterocycles. The van der Waals surface area contributed by atoms with Crippen LogP contribution in [0.1, 0.15) is 46.8 Å². The van der Waals surface area contributed by atoms with Gasteiger partial charge in [-0.15, -0.1) is 0 Å². The summed E-state index contributed by atoms with van der Waals surface area (Å²) in [6, 6.07) is 16.9. The third kappa shape index (κ3) is 4.33. The highest BCUT2D eigenvalue weighted by molar-refractivity contribution is 6.32. The minimum Gasteiger partial charge on any atom is -0.493 e. The van der Waals surface area contributed by atoms with E-state index >= 15 is 0 Å². The van der Waals surface area contributed by atoms with E-state index in [4.69, 9.17) is 25.8 Å². The maximum absolute atomic E-state index is 14.1. The topological polar surface area (TPSA) is 73.9 Å². The van der Waals surface area contributed by atoms with Gasteiger partial charge in [0, 0.05) is 33.9 Å². The van der Waals surface area contributed by atoms with E-state index in [0.29, 0.717) is 39.2 Å². The molecule has 1 N–H and O–H groups in total. The first-order valence-corrected chi connectivity index (χ1v) is 12.5. The average molecular weight is 534 g/mol. The molecular formula is C30H25ClFNO5. The number of nitrogens with one attached hydrogen (secondary N) is 1. The molecule has 1 heterocycles. The maximum Gasteiger partial charge on any atom is 0.336 e. The van der Waals surface area contributed by atoms with Crippen molar-refractivity contribution in [3.8, 4) is 11.5 Å². The number of hydrogen-bond donors (Lipinski definition) is 1. The summed E-state index contributed by atoms with van der Waals surface area (Å²) >= 11 is 6.68. The molecule has 194 valence electrons. The van der Waals surface area contributed by atoms with Crippen molar-refractivity contribution in [2.24, 2.45) is 0 Å². The fourth-order valence-electron chi connectivity index (χ4n) is 4.95. The van der Waals surface area contributed by atoms with Crippen LogP contribution in [0.15, 0.2) is 77.5 Å². The van der Waals surface area contributed by atoms with Gasteiger partial charge in [0.2, 0.25) is 0 Å². The number of dihydropyridines is 1. The monoisotopic (exact) mass is 533 g/mol. The Balaban J connectivity index is 1.61. The van der Waals surface area contributed by atoms with Gasteiger partial charge in [-0.25, -0.2) is 9.18 Å². The van der Waals surface area contributed by atoms with Gasteiger partial charge in [-0.1, -0.05) is 54.1 Å². The first-order chi connectivity index (χ1) is 18.3. The molecule has 0 aromatic heterocycles. The van der Waals surface area contributed by atoms with E-state index in [-0.39, 0.29) is 35.5 Å². The van der Waals surface area contributed by atoms with Gasteiger partial charge in [-0.05, 0) is 37.6 Å². The molecule has 0 bridgehead atoms. The van der Waals surface area contributed by atoms with Gasteiger partial charge in [0.05, 0.1) is 30.0 Å². The third-order valence-corrected chi connectivity index (χ3v) is 6.94. The van der Waals surface area contributed by atoms with Crippen molar-refractivity contribution in [3.63, 3.8) is 0 Å². The summed E-state index contributed by atoms with van der Waals surface area (Å²) < 4.78 is 31.0. The summed E-state index contributed by atoms with van der Waals surface area (Å²) in [5.74, 6) is -1.37. The number of methoxy groups -OCH3 is 1. The zero-order valence-electron chi connectivity index (χ0n) is 21.1. The van der Waals surface area contributed by atoms with Gasteiger partial charge >= 0.3 is 5.97 Å². The number of allylic oxidation sites excluding steroid dienone is 2. The second-order valence-corrected chi connectivity index (χ2v) is 9.30. The Bertz CT molecular complexity index is 1530. The summed E-state index contributed by atoms with van der Waals surface area (Å²) in [6.07, 6.45) is 0. The number of Topliss-reactive ketones (excluding diaryl/α,β-unsaturated/α-hetero) is 1. The number of esters is 1. The van der Waals surface area contributed by atoms with Gasteiger partial charge in [-0.3, -0.25) is 4.79 Å². The summed E-state index contributed by atoms with van der Waals surface area (Å²) in [5, 5.41) is 3.46. The lowest BCUT2D eigenvalue weighted by Gasteiger charge is -2.29. The average Bonchev–Trinajstić information content (AvgIpc) is 3.19.